The molecule has 0 bridgehead atoms. The SMILES string of the molecule is CC[n+]1c(C=C(C)Cl)sc2ccc(OC)cc21.F[B-](F)(F)F. The molecule has 0 aliphatic heterocycles. The molecular weight excluding hydrogens is 340 g/mol. The smallest absolute Gasteiger partial charge is 0.497 e. The summed E-state index contributed by atoms with van der Waals surface area (Å²) >= 11 is 7.70. The highest BCUT2D eigenvalue weighted by Crippen LogP contribution is 2.26. The monoisotopic (exact) mass is 355 g/mol. The molecule has 122 valence electrons. The Bertz CT molecular complexity index is 662. The number of methoxy groups -OCH3 is 1. The first-order chi connectivity index (χ1) is 10.2. The van der Waals surface area contributed by atoms with E-state index in [9.17, 15) is 17.3 Å². The van der Waals surface area contributed by atoms with E-state index in [1.807, 2.05) is 19.1 Å². The van der Waals surface area contributed by atoms with Crippen LogP contribution in [0.4, 0.5) is 17.3 Å². The minimum Gasteiger partial charge on any atom is -0.497 e. The van der Waals surface area contributed by atoms with Gasteiger partial charge in [0.05, 0.1) is 13.2 Å². The summed E-state index contributed by atoms with van der Waals surface area (Å²) in [6.45, 7) is 4.95. The maximum Gasteiger partial charge on any atom is 0.673 e. The van der Waals surface area contributed by atoms with Gasteiger partial charge in [-0.25, -0.2) is 0 Å². The van der Waals surface area contributed by atoms with Crippen molar-refractivity contribution in [1.29, 1.82) is 0 Å². The highest BCUT2D eigenvalue weighted by Gasteiger charge is 2.20. The van der Waals surface area contributed by atoms with Crippen LogP contribution in [0.1, 0.15) is 18.9 Å². The molecule has 0 atom stereocenters. The van der Waals surface area contributed by atoms with Gasteiger partial charge in [-0.3, -0.25) is 0 Å². The van der Waals surface area contributed by atoms with E-state index in [0.717, 1.165) is 17.3 Å². The Balaban J connectivity index is 0.000000422. The molecule has 0 aliphatic rings. The van der Waals surface area contributed by atoms with Crippen molar-refractivity contribution in [2.75, 3.05) is 7.11 Å². The lowest BCUT2D eigenvalue weighted by Crippen LogP contribution is -2.33. The topological polar surface area (TPSA) is 13.1 Å². The Hall–Kier alpha value is -1.28. The molecule has 1 aromatic carbocycles. The standard InChI is InChI=1S/C13H15ClNOS.BF4/c1-4-15-11-8-10(16-3)5-6-12(11)17-13(15)7-9(2)14;2-1(3,4)5/h5-8H,4H2,1-3H3;/q+1;-1. The van der Waals surface area contributed by atoms with Crippen molar-refractivity contribution in [3.63, 3.8) is 0 Å². The molecule has 0 spiro atoms. The second kappa shape index (κ2) is 7.83. The molecule has 0 saturated carbocycles. The third-order valence-corrected chi connectivity index (χ3v) is 3.80. The zero-order chi connectivity index (χ0) is 16.9. The van der Waals surface area contributed by atoms with E-state index in [0.29, 0.717) is 0 Å². The molecule has 0 unspecified atom stereocenters. The van der Waals surface area contributed by atoms with E-state index < -0.39 is 7.25 Å². The van der Waals surface area contributed by atoms with Crippen molar-refractivity contribution in [3.05, 3.63) is 28.2 Å². The first-order valence-corrected chi connectivity index (χ1v) is 7.56. The predicted octanol–water partition coefficient (Wildman–Crippen LogP) is 5.12. The molecule has 0 radical (unpaired) electrons. The van der Waals surface area contributed by atoms with Crippen LogP contribution in [0, 0.1) is 0 Å². The minimum absolute atomic E-state index is 0.797. The molecule has 2 nitrogen and oxygen atoms in total. The highest BCUT2D eigenvalue weighted by molar-refractivity contribution is 7.18. The van der Waals surface area contributed by atoms with Gasteiger partial charge in [0.2, 0.25) is 5.52 Å². The van der Waals surface area contributed by atoms with E-state index >= 15 is 0 Å². The molecule has 0 amide bonds. The number of hydrogen-bond acceptors (Lipinski definition) is 2. The molecule has 1 heterocycles. The van der Waals surface area contributed by atoms with E-state index in [1.54, 1.807) is 18.4 Å². The van der Waals surface area contributed by atoms with Crippen molar-refractivity contribution in [3.8, 4) is 5.75 Å². The van der Waals surface area contributed by atoms with Crippen LogP contribution in [0.25, 0.3) is 16.3 Å². The van der Waals surface area contributed by atoms with Gasteiger partial charge >= 0.3 is 7.25 Å². The van der Waals surface area contributed by atoms with Crippen molar-refractivity contribution in [2.45, 2.75) is 20.4 Å². The maximum absolute atomic E-state index is 9.75. The lowest BCUT2D eigenvalue weighted by Gasteiger charge is -1.97. The predicted molar refractivity (Wildman–Crippen MR) is 83.9 cm³/mol. The van der Waals surface area contributed by atoms with Crippen LogP contribution in [0.2, 0.25) is 0 Å². The van der Waals surface area contributed by atoms with Crippen molar-refractivity contribution in [2.24, 2.45) is 0 Å². The van der Waals surface area contributed by atoms with Gasteiger partial charge in [-0.05, 0) is 26.0 Å². The average Bonchev–Trinajstić information content (AvgIpc) is 2.71. The van der Waals surface area contributed by atoms with Gasteiger partial charge in [0.15, 0.2) is 0 Å². The largest absolute Gasteiger partial charge is 0.673 e. The van der Waals surface area contributed by atoms with Gasteiger partial charge in [0.1, 0.15) is 17.0 Å². The Morgan fingerprint density at radius 3 is 2.41 bits per heavy atom. The lowest BCUT2D eigenvalue weighted by molar-refractivity contribution is -0.665. The fourth-order valence-electron chi connectivity index (χ4n) is 1.81. The Kier molecular flexibility index (Phi) is 6.68. The van der Waals surface area contributed by atoms with Gasteiger partial charge in [0.25, 0.3) is 5.01 Å². The van der Waals surface area contributed by atoms with Crippen LogP contribution in [-0.2, 0) is 6.54 Å². The quantitative estimate of drug-likeness (QED) is 0.423. The van der Waals surface area contributed by atoms with Crippen LogP contribution in [-0.4, -0.2) is 14.4 Å². The Morgan fingerprint density at radius 2 is 1.95 bits per heavy atom. The van der Waals surface area contributed by atoms with Gasteiger partial charge < -0.3 is 22.0 Å². The third kappa shape index (κ3) is 5.85. The van der Waals surface area contributed by atoms with Gasteiger partial charge in [0, 0.05) is 11.1 Å². The fraction of sp³-hybridized carbons (Fsp3) is 0.308. The van der Waals surface area contributed by atoms with E-state index in [2.05, 4.69) is 23.6 Å². The molecule has 2 rings (SSSR count). The number of allylic oxidation sites excluding steroid dienone is 1. The normalized spacial score (nSPS) is 12.1. The molecule has 0 N–H and O–H groups in total. The number of rotatable bonds is 3. The first kappa shape index (κ1) is 18.8. The summed E-state index contributed by atoms with van der Waals surface area (Å²) in [5.74, 6) is 0.885. The lowest BCUT2D eigenvalue weighted by atomic mass is 10.3. The summed E-state index contributed by atoms with van der Waals surface area (Å²) in [6, 6.07) is 6.14. The number of nitrogens with zero attached hydrogens (tertiary/aromatic N) is 1. The molecule has 9 heteroatoms. The van der Waals surface area contributed by atoms with Gasteiger partial charge in [-0.15, -0.1) is 0 Å². The number of hydrogen-bond donors (Lipinski definition) is 0. The zero-order valence-corrected chi connectivity index (χ0v) is 13.8. The molecule has 1 aromatic heterocycles. The molecule has 0 saturated heterocycles. The number of fused-ring (bicyclic) bond motifs is 1. The van der Waals surface area contributed by atoms with Crippen LogP contribution >= 0.6 is 22.9 Å². The van der Waals surface area contributed by atoms with Crippen LogP contribution in [0.15, 0.2) is 23.2 Å². The minimum atomic E-state index is -6.00. The average molecular weight is 356 g/mol. The van der Waals surface area contributed by atoms with E-state index in [1.165, 1.54) is 15.2 Å². The number of thiazole rings is 1. The maximum atomic E-state index is 9.75. The van der Waals surface area contributed by atoms with Crippen LogP contribution in [0.3, 0.4) is 0 Å². The third-order valence-electron chi connectivity index (χ3n) is 2.58. The van der Waals surface area contributed by atoms with Crippen molar-refractivity contribution >= 4 is 46.5 Å². The summed E-state index contributed by atoms with van der Waals surface area (Å²) in [6.07, 6.45) is 2.00. The molecule has 22 heavy (non-hydrogen) atoms. The summed E-state index contributed by atoms with van der Waals surface area (Å²) < 4.78 is 47.8. The fourth-order valence-corrected chi connectivity index (χ4v) is 3.19. The number of aromatic nitrogens is 1. The van der Waals surface area contributed by atoms with Gasteiger partial charge in [-0.1, -0.05) is 22.9 Å². The van der Waals surface area contributed by atoms with Crippen molar-refractivity contribution in [1.82, 2.24) is 0 Å². The summed E-state index contributed by atoms with van der Waals surface area (Å²) in [5, 5.41) is 1.97. The molecule has 0 fully saturated rings. The first-order valence-electron chi connectivity index (χ1n) is 6.37. The molecular formula is C13H15BClF4NOS. The second-order valence-electron chi connectivity index (χ2n) is 4.24. The van der Waals surface area contributed by atoms with Gasteiger partial charge in [-0.2, -0.15) is 4.57 Å². The van der Waals surface area contributed by atoms with E-state index in [-0.39, 0.29) is 0 Å². The summed E-state index contributed by atoms with van der Waals surface area (Å²) in [7, 11) is -4.31. The molecule has 0 aliphatic carbocycles. The van der Waals surface area contributed by atoms with Crippen LogP contribution < -0.4 is 9.30 Å². The number of halogens is 5. The van der Waals surface area contributed by atoms with Crippen LogP contribution in [0.5, 0.6) is 5.75 Å². The number of aryl methyl sites for hydroxylation is 1. The summed E-state index contributed by atoms with van der Waals surface area (Å²) in [4.78, 5) is 0. The number of benzene rings is 1. The zero-order valence-electron chi connectivity index (χ0n) is 12.2. The highest BCUT2D eigenvalue weighted by atomic mass is 35.5. The van der Waals surface area contributed by atoms with Crippen molar-refractivity contribution < 1.29 is 26.6 Å². The Morgan fingerprint density at radius 1 is 1.36 bits per heavy atom. The number of ether oxygens (including phenoxy) is 1. The summed E-state index contributed by atoms with van der Waals surface area (Å²) in [5.41, 5.74) is 1.20. The molecule has 2 aromatic rings. The second-order valence-corrected chi connectivity index (χ2v) is 5.90. The Labute approximate surface area is 135 Å². The van der Waals surface area contributed by atoms with E-state index in [4.69, 9.17) is 16.3 Å².